The van der Waals surface area contributed by atoms with E-state index in [1.165, 1.54) is 6.20 Å². The van der Waals surface area contributed by atoms with Crippen LogP contribution < -0.4 is 0 Å². The number of hydrogen-bond donors (Lipinski definition) is 1. The van der Waals surface area contributed by atoms with Gasteiger partial charge in [-0.3, -0.25) is 9.59 Å². The number of rotatable bonds is 6. The number of aliphatic hydroxyl groups excluding tert-OH is 1. The van der Waals surface area contributed by atoms with Gasteiger partial charge in [0.05, 0.1) is 13.2 Å². The molecule has 0 spiro atoms. The van der Waals surface area contributed by atoms with Crippen molar-refractivity contribution in [3.05, 3.63) is 16.6 Å². The number of ether oxygens (including phenoxy) is 2. The Hall–Kier alpha value is -1.47. The van der Waals surface area contributed by atoms with Gasteiger partial charge in [-0.1, -0.05) is 0 Å². The number of carbonyl (C=O) groups excluding carboxylic acids is 2. The number of aliphatic hydroxyl groups is 1. The Balaban J connectivity index is 2.89. The molecule has 6 nitrogen and oxygen atoms in total. The van der Waals surface area contributed by atoms with Crippen molar-refractivity contribution in [1.29, 1.82) is 0 Å². The zero-order valence-electron chi connectivity index (χ0n) is 10.2. The minimum absolute atomic E-state index is 0.124. The lowest BCUT2D eigenvalue weighted by molar-refractivity contribution is -0.167. The summed E-state index contributed by atoms with van der Waals surface area (Å²) < 4.78 is 9.54. The van der Waals surface area contributed by atoms with Gasteiger partial charge in [-0.05, 0) is 13.8 Å². The molecule has 1 unspecified atom stereocenters. The summed E-state index contributed by atoms with van der Waals surface area (Å²) in [6.45, 7) is 3.49. The Kier molecular flexibility index (Phi) is 5.73. The third-order valence-electron chi connectivity index (χ3n) is 2.10. The van der Waals surface area contributed by atoms with Gasteiger partial charge in [0.2, 0.25) is 0 Å². The lowest BCUT2D eigenvalue weighted by Crippen LogP contribution is -2.33. The van der Waals surface area contributed by atoms with Crippen LogP contribution in [0.1, 0.15) is 25.0 Å². The van der Waals surface area contributed by atoms with Crippen LogP contribution in [0.3, 0.4) is 0 Å². The standard InChI is InChI=1S/C11H15NO5S/c1-3-16-10(14)7(11(15)17-4-2)8(13)9-12-5-6-18-9/h5-8,13H,3-4H2,1-2H3. The van der Waals surface area contributed by atoms with Crippen molar-refractivity contribution in [2.24, 2.45) is 5.92 Å². The molecule has 0 fully saturated rings. The van der Waals surface area contributed by atoms with Crippen LogP contribution in [-0.4, -0.2) is 35.2 Å². The second-order valence-corrected chi connectivity index (χ2v) is 4.22. The number of aromatic nitrogens is 1. The van der Waals surface area contributed by atoms with E-state index >= 15 is 0 Å². The Morgan fingerprint density at radius 3 is 2.28 bits per heavy atom. The van der Waals surface area contributed by atoms with Gasteiger partial charge in [-0.25, -0.2) is 4.98 Å². The van der Waals surface area contributed by atoms with Gasteiger partial charge in [0.1, 0.15) is 11.1 Å². The molecule has 1 aromatic rings. The van der Waals surface area contributed by atoms with E-state index < -0.39 is 24.0 Å². The SMILES string of the molecule is CCOC(=O)C(C(=O)OCC)C(O)c1nccs1. The second-order valence-electron chi connectivity index (χ2n) is 3.30. The van der Waals surface area contributed by atoms with Crippen molar-refractivity contribution in [2.45, 2.75) is 20.0 Å². The van der Waals surface area contributed by atoms with Crippen LogP contribution in [0.25, 0.3) is 0 Å². The van der Waals surface area contributed by atoms with Crippen LogP contribution in [0.2, 0.25) is 0 Å². The summed E-state index contributed by atoms with van der Waals surface area (Å²) in [5.74, 6) is -3.01. The van der Waals surface area contributed by atoms with E-state index in [0.29, 0.717) is 0 Å². The van der Waals surface area contributed by atoms with Crippen LogP contribution >= 0.6 is 11.3 Å². The third kappa shape index (κ3) is 3.51. The average Bonchev–Trinajstić information content (AvgIpc) is 2.83. The summed E-state index contributed by atoms with van der Waals surface area (Å²) in [5, 5.41) is 11.9. The molecular weight excluding hydrogens is 258 g/mol. The van der Waals surface area contributed by atoms with E-state index in [2.05, 4.69) is 4.98 Å². The van der Waals surface area contributed by atoms with E-state index in [1.807, 2.05) is 0 Å². The monoisotopic (exact) mass is 273 g/mol. The summed E-state index contributed by atoms with van der Waals surface area (Å²) in [6.07, 6.45) is 0.138. The van der Waals surface area contributed by atoms with Crippen molar-refractivity contribution in [3.63, 3.8) is 0 Å². The van der Waals surface area contributed by atoms with Gasteiger partial charge in [-0.2, -0.15) is 0 Å². The van der Waals surface area contributed by atoms with Gasteiger partial charge in [0.15, 0.2) is 5.92 Å². The fraction of sp³-hybridized carbons (Fsp3) is 0.545. The Labute approximate surface area is 109 Å². The maximum absolute atomic E-state index is 11.7. The number of thiazole rings is 1. The Morgan fingerprint density at radius 1 is 1.33 bits per heavy atom. The molecule has 100 valence electrons. The fourth-order valence-electron chi connectivity index (χ4n) is 1.34. The summed E-state index contributed by atoms with van der Waals surface area (Å²) in [5.41, 5.74) is 0. The first-order valence-electron chi connectivity index (χ1n) is 5.52. The molecule has 0 aromatic carbocycles. The predicted octanol–water partition coefficient (Wildman–Crippen LogP) is 0.919. The molecule has 0 aliphatic carbocycles. The first-order chi connectivity index (χ1) is 8.61. The van der Waals surface area contributed by atoms with Crippen LogP contribution in [0, 0.1) is 5.92 Å². The lowest BCUT2D eigenvalue weighted by atomic mass is 10.0. The van der Waals surface area contributed by atoms with Gasteiger partial charge < -0.3 is 14.6 Å². The highest BCUT2D eigenvalue weighted by molar-refractivity contribution is 7.09. The zero-order chi connectivity index (χ0) is 13.5. The highest BCUT2D eigenvalue weighted by Gasteiger charge is 2.38. The number of carbonyl (C=O) groups is 2. The largest absolute Gasteiger partial charge is 0.465 e. The predicted molar refractivity (Wildman–Crippen MR) is 63.8 cm³/mol. The molecule has 1 heterocycles. The van der Waals surface area contributed by atoms with Crippen molar-refractivity contribution < 1.29 is 24.2 Å². The van der Waals surface area contributed by atoms with Gasteiger partial charge in [0, 0.05) is 11.6 Å². The van der Waals surface area contributed by atoms with E-state index in [0.717, 1.165) is 11.3 Å². The Morgan fingerprint density at radius 2 is 1.89 bits per heavy atom. The minimum atomic E-state index is -1.39. The third-order valence-corrected chi connectivity index (χ3v) is 2.95. The first kappa shape index (κ1) is 14.6. The molecular formula is C11H15NO5S. The average molecular weight is 273 g/mol. The van der Waals surface area contributed by atoms with Crippen LogP contribution in [0.15, 0.2) is 11.6 Å². The van der Waals surface area contributed by atoms with Crippen molar-refractivity contribution >= 4 is 23.3 Å². The van der Waals surface area contributed by atoms with E-state index in [1.54, 1.807) is 19.2 Å². The molecule has 18 heavy (non-hydrogen) atoms. The molecule has 0 saturated heterocycles. The van der Waals surface area contributed by atoms with Crippen LogP contribution in [-0.2, 0) is 19.1 Å². The smallest absolute Gasteiger partial charge is 0.323 e. The van der Waals surface area contributed by atoms with Gasteiger partial charge >= 0.3 is 11.9 Å². The van der Waals surface area contributed by atoms with E-state index in [9.17, 15) is 14.7 Å². The second kappa shape index (κ2) is 7.07. The van der Waals surface area contributed by atoms with Crippen molar-refractivity contribution in [2.75, 3.05) is 13.2 Å². The molecule has 7 heteroatoms. The van der Waals surface area contributed by atoms with Crippen LogP contribution in [0.4, 0.5) is 0 Å². The number of nitrogens with zero attached hydrogens (tertiary/aromatic N) is 1. The molecule has 1 atom stereocenters. The first-order valence-corrected chi connectivity index (χ1v) is 6.40. The normalized spacial score (nSPS) is 12.2. The van der Waals surface area contributed by atoms with Crippen LogP contribution in [0.5, 0.6) is 0 Å². The lowest BCUT2D eigenvalue weighted by Gasteiger charge is -2.18. The molecule has 0 aliphatic heterocycles. The van der Waals surface area contributed by atoms with Crippen molar-refractivity contribution in [1.82, 2.24) is 4.98 Å². The van der Waals surface area contributed by atoms with E-state index in [4.69, 9.17) is 9.47 Å². The molecule has 1 N–H and O–H groups in total. The number of hydrogen-bond acceptors (Lipinski definition) is 7. The van der Waals surface area contributed by atoms with E-state index in [-0.39, 0.29) is 18.2 Å². The molecule has 0 aliphatic rings. The molecule has 0 radical (unpaired) electrons. The summed E-state index contributed by atoms with van der Waals surface area (Å²) in [7, 11) is 0. The van der Waals surface area contributed by atoms with Gasteiger partial charge in [-0.15, -0.1) is 11.3 Å². The maximum atomic E-state index is 11.7. The molecule has 0 bridgehead atoms. The highest BCUT2D eigenvalue weighted by atomic mass is 32.1. The topological polar surface area (TPSA) is 85.7 Å². The van der Waals surface area contributed by atoms with Gasteiger partial charge in [0.25, 0.3) is 0 Å². The quantitative estimate of drug-likeness (QED) is 0.612. The number of esters is 2. The summed E-state index contributed by atoms with van der Waals surface area (Å²) in [4.78, 5) is 27.3. The zero-order valence-corrected chi connectivity index (χ0v) is 11.0. The fourth-order valence-corrected chi connectivity index (χ4v) is 2.00. The molecule has 0 saturated carbocycles. The summed E-state index contributed by atoms with van der Waals surface area (Å²) in [6, 6.07) is 0. The molecule has 1 rings (SSSR count). The molecule has 0 amide bonds. The highest BCUT2D eigenvalue weighted by Crippen LogP contribution is 2.26. The minimum Gasteiger partial charge on any atom is -0.465 e. The molecule has 1 aromatic heterocycles. The van der Waals surface area contributed by atoms with Crippen molar-refractivity contribution in [3.8, 4) is 0 Å². The summed E-state index contributed by atoms with van der Waals surface area (Å²) >= 11 is 1.15. The Bertz CT molecular complexity index is 374. The maximum Gasteiger partial charge on any atom is 0.323 e.